The van der Waals surface area contributed by atoms with Gasteiger partial charge < -0.3 is 10.6 Å². The molecule has 1 aromatic heterocycles. The van der Waals surface area contributed by atoms with Crippen LogP contribution in [0.1, 0.15) is 65.3 Å². The summed E-state index contributed by atoms with van der Waals surface area (Å²) in [6.07, 6.45) is 3.15. The van der Waals surface area contributed by atoms with Crippen LogP contribution in [0, 0.1) is 18.3 Å². The smallest absolute Gasteiger partial charge is 0.256 e. The first-order valence-electron chi connectivity index (χ1n) is 9.11. The van der Waals surface area contributed by atoms with Crippen LogP contribution in [0.2, 0.25) is 0 Å². The van der Waals surface area contributed by atoms with Gasteiger partial charge in [0.15, 0.2) is 0 Å². The molecule has 1 aromatic carbocycles. The number of aryl methyl sites for hydroxylation is 1. The summed E-state index contributed by atoms with van der Waals surface area (Å²) in [5, 5.41) is 7.75. The zero-order valence-corrected chi connectivity index (χ0v) is 16.2. The Hall–Kier alpha value is -1.81. The van der Waals surface area contributed by atoms with Crippen molar-refractivity contribution < 1.29 is 4.79 Å². The van der Waals surface area contributed by atoms with E-state index in [-0.39, 0.29) is 12.1 Å². The van der Waals surface area contributed by atoms with Crippen LogP contribution in [0.15, 0.2) is 24.3 Å². The number of anilines is 1. The van der Waals surface area contributed by atoms with Crippen LogP contribution >= 0.6 is 11.3 Å². The van der Waals surface area contributed by atoms with E-state index in [4.69, 9.17) is 0 Å². The molecule has 2 aromatic rings. The highest BCUT2D eigenvalue weighted by molar-refractivity contribution is 7.16. The fourth-order valence-corrected chi connectivity index (χ4v) is 5.32. The van der Waals surface area contributed by atoms with Crippen molar-refractivity contribution in [3.63, 3.8) is 0 Å². The molecule has 132 valence electrons. The first kappa shape index (κ1) is 16.6. The maximum Gasteiger partial charge on any atom is 0.256 e. The van der Waals surface area contributed by atoms with E-state index in [1.807, 2.05) is 0 Å². The van der Waals surface area contributed by atoms with Gasteiger partial charge in [-0.3, -0.25) is 4.79 Å². The van der Waals surface area contributed by atoms with Crippen molar-refractivity contribution in [3.05, 3.63) is 51.4 Å². The largest absolute Gasteiger partial charge is 0.353 e. The van der Waals surface area contributed by atoms with Crippen LogP contribution in [-0.2, 0) is 12.8 Å². The minimum atomic E-state index is -0.140. The second kappa shape index (κ2) is 5.87. The maximum atomic E-state index is 12.8. The van der Waals surface area contributed by atoms with Crippen LogP contribution in [0.25, 0.3) is 0 Å². The van der Waals surface area contributed by atoms with Crippen molar-refractivity contribution in [1.29, 1.82) is 0 Å². The molecule has 0 fully saturated rings. The summed E-state index contributed by atoms with van der Waals surface area (Å²) in [7, 11) is 0. The number of carbonyl (C=O) groups excluding carboxylic acids is 1. The minimum Gasteiger partial charge on any atom is -0.353 e. The number of benzene rings is 1. The zero-order valence-electron chi connectivity index (χ0n) is 15.4. The highest BCUT2D eigenvalue weighted by Crippen LogP contribution is 2.45. The molecule has 4 heteroatoms. The number of hydrogen-bond acceptors (Lipinski definition) is 3. The van der Waals surface area contributed by atoms with Gasteiger partial charge in [0.25, 0.3) is 5.91 Å². The van der Waals surface area contributed by atoms with Crippen molar-refractivity contribution in [3.8, 4) is 0 Å². The third-order valence-electron chi connectivity index (χ3n) is 5.68. The number of rotatable bonds is 1. The van der Waals surface area contributed by atoms with E-state index in [1.54, 1.807) is 11.3 Å². The van der Waals surface area contributed by atoms with E-state index in [1.165, 1.54) is 22.4 Å². The number of hydrogen-bond donors (Lipinski definition) is 2. The fraction of sp³-hybridized carbons (Fsp3) is 0.476. The maximum absolute atomic E-state index is 12.8. The van der Waals surface area contributed by atoms with Gasteiger partial charge in [0, 0.05) is 4.88 Å². The molecule has 0 spiro atoms. The SMILES string of the molecule is Cc1ccc([C@@H]2NC(=O)c3c(sc4c3CC[C@@H](C(C)(C)C)C4)N2)cc1. The second-order valence-electron chi connectivity index (χ2n) is 8.48. The standard InChI is InChI=1S/C21H26N2OS/c1-12-5-7-13(8-6-12)18-22-19(24)17-15-10-9-14(21(2,3)4)11-16(15)25-20(17)23-18/h5-8,14,18,23H,9-11H2,1-4H3,(H,22,24)/t14-,18-/m1/s1. The molecule has 2 atom stereocenters. The zero-order chi connectivity index (χ0) is 17.8. The van der Waals surface area contributed by atoms with E-state index in [2.05, 4.69) is 62.6 Å². The highest BCUT2D eigenvalue weighted by atomic mass is 32.1. The summed E-state index contributed by atoms with van der Waals surface area (Å²) < 4.78 is 0. The third kappa shape index (κ3) is 2.97. The molecule has 0 saturated heterocycles. The van der Waals surface area contributed by atoms with Gasteiger partial charge in [0.05, 0.1) is 5.56 Å². The predicted octanol–water partition coefficient (Wildman–Crippen LogP) is 5.06. The summed E-state index contributed by atoms with van der Waals surface area (Å²) >= 11 is 1.79. The molecule has 3 nitrogen and oxygen atoms in total. The predicted molar refractivity (Wildman–Crippen MR) is 104 cm³/mol. The average Bonchev–Trinajstić information content (AvgIpc) is 2.92. The summed E-state index contributed by atoms with van der Waals surface area (Å²) in [5.41, 5.74) is 4.83. The monoisotopic (exact) mass is 354 g/mol. The Morgan fingerprint density at radius 1 is 1.12 bits per heavy atom. The van der Waals surface area contributed by atoms with E-state index in [9.17, 15) is 4.79 Å². The van der Waals surface area contributed by atoms with E-state index >= 15 is 0 Å². The molecule has 2 N–H and O–H groups in total. The lowest BCUT2D eigenvalue weighted by Gasteiger charge is -2.34. The van der Waals surface area contributed by atoms with Crippen LogP contribution in [-0.4, -0.2) is 5.91 Å². The normalized spacial score (nSPS) is 22.6. The Morgan fingerprint density at radius 3 is 2.52 bits per heavy atom. The van der Waals surface area contributed by atoms with Gasteiger partial charge in [-0.2, -0.15) is 0 Å². The Morgan fingerprint density at radius 2 is 1.84 bits per heavy atom. The molecule has 1 aliphatic heterocycles. The Kier molecular flexibility index (Phi) is 3.91. The first-order chi connectivity index (χ1) is 11.8. The van der Waals surface area contributed by atoms with Gasteiger partial charge in [-0.1, -0.05) is 50.6 Å². The molecule has 1 aliphatic carbocycles. The molecule has 25 heavy (non-hydrogen) atoms. The summed E-state index contributed by atoms with van der Waals surface area (Å²) in [6, 6.07) is 8.35. The quantitative estimate of drug-likeness (QED) is 0.751. The van der Waals surface area contributed by atoms with E-state index < -0.39 is 0 Å². The first-order valence-corrected chi connectivity index (χ1v) is 9.93. The molecule has 0 unspecified atom stereocenters. The number of amides is 1. The Labute approximate surface area is 153 Å². The minimum absolute atomic E-state index is 0.0750. The molecule has 2 aliphatic rings. The lowest BCUT2D eigenvalue weighted by Crippen LogP contribution is -2.38. The second-order valence-corrected chi connectivity index (χ2v) is 9.58. The molecule has 0 radical (unpaired) electrons. The van der Waals surface area contributed by atoms with E-state index in [0.29, 0.717) is 11.3 Å². The van der Waals surface area contributed by atoms with Gasteiger partial charge in [-0.05, 0) is 48.6 Å². The van der Waals surface area contributed by atoms with Crippen molar-refractivity contribution in [2.24, 2.45) is 11.3 Å². The third-order valence-corrected chi connectivity index (χ3v) is 6.86. The molecule has 2 heterocycles. The van der Waals surface area contributed by atoms with Crippen LogP contribution < -0.4 is 10.6 Å². The lowest BCUT2D eigenvalue weighted by molar-refractivity contribution is 0.0935. The fourth-order valence-electron chi connectivity index (χ4n) is 3.96. The lowest BCUT2D eigenvalue weighted by atomic mass is 9.72. The number of fused-ring (bicyclic) bond motifs is 3. The Balaban J connectivity index is 1.64. The van der Waals surface area contributed by atoms with Crippen molar-refractivity contribution in [1.82, 2.24) is 5.32 Å². The molecule has 4 rings (SSSR count). The van der Waals surface area contributed by atoms with Gasteiger partial charge in [0.2, 0.25) is 0 Å². The molecule has 0 bridgehead atoms. The van der Waals surface area contributed by atoms with Crippen molar-refractivity contribution in [2.45, 2.75) is 53.1 Å². The topological polar surface area (TPSA) is 41.1 Å². The van der Waals surface area contributed by atoms with Gasteiger partial charge in [0.1, 0.15) is 11.2 Å². The molecular formula is C21H26N2OS. The van der Waals surface area contributed by atoms with E-state index in [0.717, 1.165) is 29.0 Å². The molecule has 1 amide bonds. The molecular weight excluding hydrogens is 328 g/mol. The van der Waals surface area contributed by atoms with Gasteiger partial charge >= 0.3 is 0 Å². The van der Waals surface area contributed by atoms with Crippen LogP contribution in [0.4, 0.5) is 5.00 Å². The van der Waals surface area contributed by atoms with Crippen molar-refractivity contribution in [2.75, 3.05) is 5.32 Å². The van der Waals surface area contributed by atoms with Crippen molar-refractivity contribution >= 4 is 22.2 Å². The Bertz CT molecular complexity index is 814. The summed E-state index contributed by atoms with van der Waals surface area (Å²) in [6.45, 7) is 9.06. The van der Waals surface area contributed by atoms with Gasteiger partial charge in [-0.15, -0.1) is 11.3 Å². The number of carbonyl (C=O) groups is 1. The van der Waals surface area contributed by atoms with Crippen LogP contribution in [0.5, 0.6) is 0 Å². The summed E-state index contributed by atoms with van der Waals surface area (Å²) in [5.74, 6) is 0.766. The summed E-state index contributed by atoms with van der Waals surface area (Å²) in [4.78, 5) is 14.2. The van der Waals surface area contributed by atoms with Crippen LogP contribution in [0.3, 0.4) is 0 Å². The molecule has 0 saturated carbocycles. The number of thiophene rings is 1. The highest BCUT2D eigenvalue weighted by Gasteiger charge is 2.36. The average molecular weight is 355 g/mol. The number of nitrogens with one attached hydrogen (secondary N) is 2. The van der Waals surface area contributed by atoms with Gasteiger partial charge in [-0.25, -0.2) is 0 Å².